The predicted octanol–water partition coefficient (Wildman–Crippen LogP) is 2.98. The number of nitrogens with zero attached hydrogens (tertiary/aromatic N) is 1. The largest absolute Gasteiger partial charge is 0.192 e. The molecule has 1 rings (SSSR count). The molecular weight excluding hydrogens is 146 g/mol. The van der Waals surface area contributed by atoms with E-state index in [9.17, 15) is 0 Å². The van der Waals surface area contributed by atoms with Crippen molar-refractivity contribution in [1.29, 1.82) is 5.26 Å². The molecule has 0 radical (unpaired) electrons. The maximum atomic E-state index is 8.76. The number of allylic oxidation sites excluding steroid dienone is 6. The molecule has 0 amide bonds. The Kier molecular flexibility index (Phi) is 2.19. The van der Waals surface area contributed by atoms with Crippen molar-refractivity contribution in [1.82, 2.24) is 0 Å². The lowest BCUT2D eigenvalue weighted by atomic mass is 9.91. The third kappa shape index (κ3) is 1.85. The van der Waals surface area contributed by atoms with Gasteiger partial charge in [-0.1, -0.05) is 32.1 Å². The van der Waals surface area contributed by atoms with Gasteiger partial charge in [-0.15, -0.1) is 0 Å². The molecule has 0 atom stereocenters. The van der Waals surface area contributed by atoms with Crippen LogP contribution in [-0.2, 0) is 0 Å². The molecule has 0 saturated carbocycles. The Morgan fingerprint density at radius 1 is 1.42 bits per heavy atom. The predicted molar refractivity (Wildman–Crippen MR) is 50.4 cm³/mol. The fourth-order valence-corrected chi connectivity index (χ4v) is 1.33. The van der Waals surface area contributed by atoms with Gasteiger partial charge in [-0.2, -0.15) is 5.26 Å². The topological polar surface area (TPSA) is 23.8 Å². The zero-order valence-electron chi connectivity index (χ0n) is 7.76. The molecule has 0 saturated heterocycles. The minimum Gasteiger partial charge on any atom is -0.192 e. The summed E-state index contributed by atoms with van der Waals surface area (Å²) in [4.78, 5) is 0. The number of hydrogen-bond acceptors (Lipinski definition) is 1. The van der Waals surface area contributed by atoms with E-state index in [0.717, 1.165) is 11.1 Å². The van der Waals surface area contributed by atoms with Crippen LogP contribution in [0.1, 0.15) is 20.8 Å². The number of rotatable bonds is 0. The van der Waals surface area contributed by atoms with Crippen molar-refractivity contribution < 1.29 is 0 Å². The molecule has 1 nitrogen and oxygen atoms in total. The highest BCUT2D eigenvalue weighted by Crippen LogP contribution is 2.26. The van der Waals surface area contributed by atoms with Crippen LogP contribution in [0.3, 0.4) is 0 Å². The highest BCUT2D eigenvalue weighted by atomic mass is 14.3. The summed E-state index contributed by atoms with van der Waals surface area (Å²) >= 11 is 0. The second kappa shape index (κ2) is 2.98. The smallest absolute Gasteiger partial charge is 0.0994 e. The first-order chi connectivity index (χ1) is 5.55. The normalized spacial score (nSPS) is 20.5. The maximum Gasteiger partial charge on any atom is 0.0994 e. The molecule has 12 heavy (non-hydrogen) atoms. The maximum absolute atomic E-state index is 8.76. The van der Waals surface area contributed by atoms with Crippen molar-refractivity contribution in [3.63, 3.8) is 0 Å². The molecular formula is C11H13N. The fourth-order valence-electron chi connectivity index (χ4n) is 1.33. The number of nitriles is 1. The van der Waals surface area contributed by atoms with Crippen molar-refractivity contribution in [3.05, 3.63) is 35.5 Å². The van der Waals surface area contributed by atoms with Crippen LogP contribution in [0.2, 0.25) is 0 Å². The summed E-state index contributed by atoms with van der Waals surface area (Å²) in [5, 5.41) is 8.76. The van der Waals surface area contributed by atoms with Gasteiger partial charge in [0, 0.05) is 5.41 Å². The van der Waals surface area contributed by atoms with Crippen molar-refractivity contribution in [2.24, 2.45) is 5.41 Å². The van der Waals surface area contributed by atoms with Gasteiger partial charge in [-0.25, -0.2) is 0 Å². The average molecular weight is 159 g/mol. The van der Waals surface area contributed by atoms with Crippen LogP contribution in [0.4, 0.5) is 0 Å². The van der Waals surface area contributed by atoms with Gasteiger partial charge in [-0.05, 0) is 18.6 Å². The first-order valence-corrected chi connectivity index (χ1v) is 4.04. The minimum atomic E-state index is 0.0686. The standard InChI is InChI=1S/C11H13N/c1-9-7-11(2,3)6-4-5-10(9)8-12/h4-7H,1-3H3. The van der Waals surface area contributed by atoms with Crippen LogP contribution >= 0.6 is 0 Å². The Balaban J connectivity index is 3.11. The lowest BCUT2D eigenvalue weighted by Crippen LogP contribution is -2.02. The van der Waals surface area contributed by atoms with Crippen LogP contribution in [0.15, 0.2) is 35.5 Å². The third-order valence-corrected chi connectivity index (χ3v) is 1.92. The van der Waals surface area contributed by atoms with Crippen molar-refractivity contribution in [2.75, 3.05) is 0 Å². The molecule has 62 valence electrons. The van der Waals surface area contributed by atoms with Gasteiger partial charge >= 0.3 is 0 Å². The van der Waals surface area contributed by atoms with E-state index < -0.39 is 0 Å². The summed E-state index contributed by atoms with van der Waals surface area (Å²) in [6, 6.07) is 2.17. The number of hydrogen-bond donors (Lipinski definition) is 0. The molecule has 0 aliphatic heterocycles. The quantitative estimate of drug-likeness (QED) is 0.533. The zero-order chi connectivity index (χ0) is 9.19. The van der Waals surface area contributed by atoms with E-state index in [0.29, 0.717) is 0 Å². The summed E-state index contributed by atoms with van der Waals surface area (Å²) in [6.45, 7) is 6.23. The lowest BCUT2D eigenvalue weighted by Gasteiger charge is -2.14. The Labute approximate surface area is 73.7 Å². The van der Waals surface area contributed by atoms with E-state index in [1.165, 1.54) is 0 Å². The average Bonchev–Trinajstić information content (AvgIpc) is 2.07. The molecule has 0 aromatic rings. The second-order valence-electron chi connectivity index (χ2n) is 3.70. The van der Waals surface area contributed by atoms with Gasteiger partial charge in [-0.3, -0.25) is 0 Å². The fraction of sp³-hybridized carbons (Fsp3) is 0.364. The molecule has 0 unspecified atom stereocenters. The van der Waals surface area contributed by atoms with Crippen LogP contribution in [-0.4, -0.2) is 0 Å². The van der Waals surface area contributed by atoms with E-state index in [1.54, 1.807) is 0 Å². The molecule has 0 bridgehead atoms. The molecule has 1 heteroatoms. The summed E-state index contributed by atoms with van der Waals surface area (Å²) in [7, 11) is 0. The van der Waals surface area contributed by atoms with Gasteiger partial charge in [0.05, 0.1) is 11.6 Å². The summed E-state index contributed by atoms with van der Waals surface area (Å²) in [5.74, 6) is 0. The second-order valence-corrected chi connectivity index (χ2v) is 3.70. The monoisotopic (exact) mass is 159 g/mol. The Hall–Kier alpha value is -1.29. The Morgan fingerprint density at radius 3 is 2.67 bits per heavy atom. The van der Waals surface area contributed by atoms with Crippen molar-refractivity contribution >= 4 is 0 Å². The van der Waals surface area contributed by atoms with E-state index in [1.807, 2.05) is 19.1 Å². The highest BCUT2D eigenvalue weighted by molar-refractivity contribution is 5.46. The van der Waals surface area contributed by atoms with Gasteiger partial charge in [0.25, 0.3) is 0 Å². The molecule has 0 fully saturated rings. The van der Waals surface area contributed by atoms with Crippen molar-refractivity contribution in [2.45, 2.75) is 20.8 Å². The van der Waals surface area contributed by atoms with E-state index in [-0.39, 0.29) is 5.41 Å². The van der Waals surface area contributed by atoms with Gasteiger partial charge in [0.1, 0.15) is 0 Å². The Morgan fingerprint density at radius 2 is 2.08 bits per heavy atom. The molecule has 0 N–H and O–H groups in total. The summed E-state index contributed by atoms with van der Waals surface area (Å²) in [5.41, 5.74) is 1.89. The summed E-state index contributed by atoms with van der Waals surface area (Å²) < 4.78 is 0. The molecule has 1 aliphatic carbocycles. The van der Waals surface area contributed by atoms with Crippen LogP contribution < -0.4 is 0 Å². The molecule has 1 aliphatic rings. The van der Waals surface area contributed by atoms with Crippen molar-refractivity contribution in [3.8, 4) is 6.07 Å². The molecule has 0 heterocycles. The minimum absolute atomic E-state index is 0.0686. The Bertz CT molecular complexity index is 308. The van der Waals surface area contributed by atoms with Crippen LogP contribution in [0, 0.1) is 16.7 Å². The van der Waals surface area contributed by atoms with Crippen LogP contribution in [0.5, 0.6) is 0 Å². The van der Waals surface area contributed by atoms with Gasteiger partial charge in [0.15, 0.2) is 0 Å². The SMILES string of the molecule is CC1=CC(C)(C)C=CC=C1C#N. The molecule has 0 aromatic carbocycles. The van der Waals surface area contributed by atoms with E-state index in [4.69, 9.17) is 5.26 Å². The summed E-state index contributed by atoms with van der Waals surface area (Å²) in [6.07, 6.45) is 8.03. The van der Waals surface area contributed by atoms with Gasteiger partial charge < -0.3 is 0 Å². The zero-order valence-corrected chi connectivity index (χ0v) is 7.76. The third-order valence-electron chi connectivity index (χ3n) is 1.92. The van der Waals surface area contributed by atoms with E-state index >= 15 is 0 Å². The lowest BCUT2D eigenvalue weighted by molar-refractivity contribution is 0.623. The van der Waals surface area contributed by atoms with Gasteiger partial charge in [0.2, 0.25) is 0 Å². The highest BCUT2D eigenvalue weighted by Gasteiger charge is 2.13. The van der Waals surface area contributed by atoms with E-state index in [2.05, 4.69) is 32.1 Å². The first-order valence-electron chi connectivity index (χ1n) is 4.04. The molecule has 0 spiro atoms. The molecule has 0 aromatic heterocycles. The van der Waals surface area contributed by atoms with Crippen LogP contribution in [0.25, 0.3) is 0 Å². The first kappa shape index (κ1) is 8.80.